The molecule has 3 N–H and O–H groups in total. The maximum absolute atomic E-state index is 11.4. The van der Waals surface area contributed by atoms with Gasteiger partial charge in [0.05, 0.1) is 5.56 Å². The molecule has 0 unspecified atom stereocenters. The molecule has 4 heteroatoms. The van der Waals surface area contributed by atoms with Gasteiger partial charge in [-0.1, -0.05) is 51.9 Å². The molecule has 0 aliphatic heterocycles. The van der Waals surface area contributed by atoms with E-state index in [0.29, 0.717) is 12.0 Å². The minimum atomic E-state index is -0.979. The second-order valence-corrected chi connectivity index (χ2v) is 5.77. The summed E-state index contributed by atoms with van der Waals surface area (Å²) in [5.41, 5.74) is 6.75. The monoisotopic (exact) mass is 305 g/mol. The highest BCUT2D eigenvalue weighted by Crippen LogP contribution is 2.16. The van der Waals surface area contributed by atoms with Gasteiger partial charge in [-0.25, -0.2) is 4.79 Å². The number of carbonyl (C=O) groups is 2. The highest BCUT2D eigenvalue weighted by molar-refractivity contribution is 5.96. The maximum atomic E-state index is 11.4. The van der Waals surface area contributed by atoms with Crippen LogP contribution in [0.5, 0.6) is 0 Å². The Bertz CT molecular complexity index is 497. The van der Waals surface area contributed by atoms with Gasteiger partial charge in [-0.15, -0.1) is 0 Å². The number of benzene rings is 1. The van der Waals surface area contributed by atoms with E-state index >= 15 is 0 Å². The summed E-state index contributed by atoms with van der Waals surface area (Å²) in [6, 6.07) is 4.52. The second-order valence-electron chi connectivity index (χ2n) is 5.77. The van der Waals surface area contributed by atoms with Gasteiger partial charge in [0.15, 0.2) is 0 Å². The molecule has 1 rings (SSSR count). The van der Waals surface area contributed by atoms with Gasteiger partial charge in [0, 0.05) is 5.56 Å². The van der Waals surface area contributed by atoms with Crippen LogP contribution in [0, 0.1) is 0 Å². The molecule has 4 nitrogen and oxygen atoms in total. The number of aryl methyl sites for hydroxylation is 1. The van der Waals surface area contributed by atoms with Crippen molar-refractivity contribution in [1.29, 1.82) is 0 Å². The fourth-order valence-corrected chi connectivity index (χ4v) is 2.62. The van der Waals surface area contributed by atoms with Crippen LogP contribution in [0.15, 0.2) is 18.2 Å². The Morgan fingerprint density at radius 3 is 2.14 bits per heavy atom. The smallest absolute Gasteiger partial charge is 0.335 e. The first-order chi connectivity index (χ1) is 10.6. The number of unbranched alkanes of at least 4 members (excludes halogenated alkanes) is 7. The van der Waals surface area contributed by atoms with Gasteiger partial charge >= 0.3 is 5.97 Å². The van der Waals surface area contributed by atoms with Crippen LogP contribution in [-0.4, -0.2) is 17.0 Å². The van der Waals surface area contributed by atoms with Gasteiger partial charge in [-0.3, -0.25) is 4.79 Å². The van der Waals surface area contributed by atoms with Gasteiger partial charge in [0.2, 0.25) is 5.91 Å². The highest BCUT2D eigenvalue weighted by Gasteiger charge is 2.11. The number of amides is 1. The highest BCUT2D eigenvalue weighted by atomic mass is 16.4. The standard InChI is InChI=1S/C18H27NO3/c1-2-3-4-5-6-7-8-9-10-14-13-15(18(21)22)11-12-16(14)17(19)20/h11-13H,2-10H2,1H3,(H2,19,20)(H,21,22). The summed E-state index contributed by atoms with van der Waals surface area (Å²) < 4.78 is 0. The minimum Gasteiger partial charge on any atom is -0.478 e. The molecule has 0 fully saturated rings. The molecule has 1 amide bonds. The van der Waals surface area contributed by atoms with Crippen LogP contribution in [0.3, 0.4) is 0 Å². The number of nitrogens with two attached hydrogens (primary N) is 1. The zero-order valence-corrected chi connectivity index (χ0v) is 13.4. The number of hydrogen-bond acceptors (Lipinski definition) is 2. The average Bonchev–Trinajstić information content (AvgIpc) is 2.49. The van der Waals surface area contributed by atoms with Crippen LogP contribution >= 0.6 is 0 Å². The Morgan fingerprint density at radius 1 is 1.00 bits per heavy atom. The fourth-order valence-electron chi connectivity index (χ4n) is 2.62. The van der Waals surface area contributed by atoms with E-state index < -0.39 is 11.9 Å². The minimum absolute atomic E-state index is 0.208. The summed E-state index contributed by atoms with van der Waals surface area (Å²) in [6.07, 6.45) is 10.4. The first kappa shape index (κ1) is 18.2. The second kappa shape index (κ2) is 9.98. The molecule has 0 aliphatic rings. The quantitative estimate of drug-likeness (QED) is 0.602. The van der Waals surface area contributed by atoms with Crippen molar-refractivity contribution < 1.29 is 14.7 Å². The molecule has 0 saturated carbocycles. The van der Waals surface area contributed by atoms with Gasteiger partial charge < -0.3 is 10.8 Å². The Morgan fingerprint density at radius 2 is 1.59 bits per heavy atom. The van der Waals surface area contributed by atoms with E-state index in [-0.39, 0.29) is 5.56 Å². The molecular formula is C18H27NO3. The Balaban J connectivity index is 2.45. The Kier molecular flexibility index (Phi) is 8.26. The van der Waals surface area contributed by atoms with Crippen LogP contribution in [0.1, 0.15) is 84.6 Å². The zero-order valence-electron chi connectivity index (χ0n) is 13.4. The first-order valence-corrected chi connectivity index (χ1v) is 8.22. The number of hydrogen-bond donors (Lipinski definition) is 2. The van der Waals surface area contributed by atoms with Crippen molar-refractivity contribution in [3.63, 3.8) is 0 Å². The third kappa shape index (κ3) is 6.29. The lowest BCUT2D eigenvalue weighted by Gasteiger charge is -2.08. The SMILES string of the molecule is CCCCCCCCCCc1cc(C(=O)O)ccc1C(N)=O. The summed E-state index contributed by atoms with van der Waals surface area (Å²) in [6.45, 7) is 2.21. The van der Waals surface area contributed by atoms with E-state index in [4.69, 9.17) is 10.8 Å². The molecule has 0 aliphatic carbocycles. The van der Waals surface area contributed by atoms with Crippen molar-refractivity contribution in [3.05, 3.63) is 34.9 Å². The van der Waals surface area contributed by atoms with Crippen LogP contribution in [-0.2, 0) is 6.42 Å². The number of carboxylic acid groups (broad SMARTS) is 1. The number of aromatic carboxylic acids is 1. The van der Waals surface area contributed by atoms with Crippen LogP contribution in [0.4, 0.5) is 0 Å². The summed E-state index contributed by atoms with van der Waals surface area (Å²) in [5.74, 6) is -1.47. The van der Waals surface area contributed by atoms with Crippen LogP contribution < -0.4 is 5.73 Å². The summed E-state index contributed by atoms with van der Waals surface area (Å²) in [4.78, 5) is 22.4. The molecule has 1 aromatic rings. The van der Waals surface area contributed by atoms with Gasteiger partial charge in [0.1, 0.15) is 0 Å². The molecule has 22 heavy (non-hydrogen) atoms. The molecule has 0 saturated heterocycles. The molecule has 122 valence electrons. The van der Waals surface area contributed by atoms with Crippen molar-refractivity contribution in [3.8, 4) is 0 Å². The topological polar surface area (TPSA) is 80.4 Å². The molecule has 1 aromatic carbocycles. The summed E-state index contributed by atoms with van der Waals surface area (Å²) >= 11 is 0. The van der Waals surface area contributed by atoms with E-state index in [2.05, 4.69) is 6.92 Å². The van der Waals surface area contributed by atoms with E-state index in [1.54, 1.807) is 6.07 Å². The average molecular weight is 305 g/mol. The van der Waals surface area contributed by atoms with E-state index in [0.717, 1.165) is 18.4 Å². The number of carboxylic acids is 1. The predicted molar refractivity (Wildman–Crippen MR) is 88.2 cm³/mol. The molecule has 0 radical (unpaired) electrons. The summed E-state index contributed by atoms with van der Waals surface area (Å²) in [5, 5.41) is 9.03. The lowest BCUT2D eigenvalue weighted by molar-refractivity contribution is 0.0696. The third-order valence-electron chi connectivity index (χ3n) is 3.92. The van der Waals surface area contributed by atoms with Gasteiger partial charge in [-0.2, -0.15) is 0 Å². The van der Waals surface area contributed by atoms with Crippen molar-refractivity contribution in [2.45, 2.75) is 64.7 Å². The van der Waals surface area contributed by atoms with E-state index in [1.165, 1.54) is 50.7 Å². The molecule has 0 heterocycles. The van der Waals surface area contributed by atoms with Gasteiger partial charge in [-0.05, 0) is 36.6 Å². The van der Waals surface area contributed by atoms with Crippen molar-refractivity contribution in [2.75, 3.05) is 0 Å². The number of rotatable bonds is 11. The molecular weight excluding hydrogens is 278 g/mol. The predicted octanol–water partition coefficient (Wildman–Crippen LogP) is 4.17. The fraction of sp³-hybridized carbons (Fsp3) is 0.556. The van der Waals surface area contributed by atoms with E-state index in [9.17, 15) is 9.59 Å². The van der Waals surface area contributed by atoms with Crippen LogP contribution in [0.25, 0.3) is 0 Å². The van der Waals surface area contributed by atoms with E-state index in [1.807, 2.05) is 0 Å². The molecule has 0 bridgehead atoms. The molecule has 0 spiro atoms. The normalized spacial score (nSPS) is 10.6. The zero-order chi connectivity index (χ0) is 16.4. The Hall–Kier alpha value is -1.84. The van der Waals surface area contributed by atoms with Crippen molar-refractivity contribution in [2.24, 2.45) is 5.73 Å². The van der Waals surface area contributed by atoms with Crippen molar-refractivity contribution in [1.82, 2.24) is 0 Å². The van der Waals surface area contributed by atoms with Crippen molar-refractivity contribution >= 4 is 11.9 Å². The third-order valence-corrected chi connectivity index (χ3v) is 3.92. The lowest BCUT2D eigenvalue weighted by Crippen LogP contribution is -2.14. The number of primary amides is 1. The Labute approximate surface area is 132 Å². The lowest BCUT2D eigenvalue weighted by atomic mass is 9.97. The summed E-state index contributed by atoms with van der Waals surface area (Å²) in [7, 11) is 0. The molecule has 0 aromatic heterocycles. The van der Waals surface area contributed by atoms with Crippen LogP contribution in [0.2, 0.25) is 0 Å². The molecule has 0 atom stereocenters. The first-order valence-electron chi connectivity index (χ1n) is 8.22. The number of carbonyl (C=O) groups excluding carboxylic acids is 1. The van der Waals surface area contributed by atoms with Gasteiger partial charge in [0.25, 0.3) is 0 Å². The maximum Gasteiger partial charge on any atom is 0.335 e. The largest absolute Gasteiger partial charge is 0.478 e.